The second kappa shape index (κ2) is 4.90. The van der Waals surface area contributed by atoms with E-state index in [1.807, 2.05) is 12.1 Å². The number of fused-ring (bicyclic) bond motifs is 1. The van der Waals surface area contributed by atoms with E-state index >= 15 is 0 Å². The van der Waals surface area contributed by atoms with Gasteiger partial charge in [-0.2, -0.15) is 0 Å². The van der Waals surface area contributed by atoms with Crippen LogP contribution in [0.4, 0.5) is 0 Å². The van der Waals surface area contributed by atoms with Gasteiger partial charge in [0, 0.05) is 5.39 Å². The molecule has 1 aliphatic rings. The first-order chi connectivity index (χ1) is 10.1. The number of piperazine rings is 1. The lowest BCUT2D eigenvalue weighted by atomic mass is 10.0. The van der Waals surface area contributed by atoms with Crippen LogP contribution in [0.2, 0.25) is 0 Å². The zero-order chi connectivity index (χ0) is 15.0. The summed E-state index contributed by atoms with van der Waals surface area (Å²) in [6, 6.07) is 10.3. The monoisotopic (exact) mass is 284 g/mol. The van der Waals surface area contributed by atoms with Crippen molar-refractivity contribution in [2.24, 2.45) is 0 Å². The second-order valence-corrected chi connectivity index (χ2v) is 4.82. The molecule has 0 spiro atoms. The van der Waals surface area contributed by atoms with E-state index in [4.69, 9.17) is 0 Å². The van der Waals surface area contributed by atoms with Crippen LogP contribution in [0.25, 0.3) is 10.8 Å². The quantitative estimate of drug-likeness (QED) is 0.753. The maximum atomic E-state index is 12.4. The molecule has 3 rings (SSSR count). The molecule has 0 unspecified atom stereocenters. The van der Waals surface area contributed by atoms with E-state index in [2.05, 4.69) is 5.32 Å². The van der Waals surface area contributed by atoms with Gasteiger partial charge in [-0.3, -0.25) is 19.7 Å². The summed E-state index contributed by atoms with van der Waals surface area (Å²) in [4.78, 5) is 36.2. The predicted molar refractivity (Wildman–Crippen MR) is 74.7 cm³/mol. The molecule has 0 aliphatic carbocycles. The summed E-state index contributed by atoms with van der Waals surface area (Å²) in [6.07, 6.45) is 0. The van der Waals surface area contributed by atoms with E-state index in [9.17, 15) is 19.5 Å². The lowest BCUT2D eigenvalue weighted by molar-refractivity contribution is -0.135. The first-order valence-electron chi connectivity index (χ1n) is 6.39. The van der Waals surface area contributed by atoms with Crippen molar-refractivity contribution in [3.63, 3.8) is 0 Å². The predicted octanol–water partition coefficient (Wildman–Crippen LogP) is 0.644. The number of aromatic hydroxyl groups is 1. The SMILES string of the molecule is O=C1CN(C(=O)c2ccc3ccccc3c2O)CC(=O)N1. The maximum absolute atomic E-state index is 12.4. The Morgan fingerprint density at radius 3 is 2.43 bits per heavy atom. The highest BCUT2D eigenvalue weighted by atomic mass is 16.3. The smallest absolute Gasteiger partial charge is 0.258 e. The Morgan fingerprint density at radius 1 is 1.05 bits per heavy atom. The fourth-order valence-electron chi connectivity index (χ4n) is 2.38. The largest absolute Gasteiger partial charge is 0.506 e. The van der Waals surface area contributed by atoms with Gasteiger partial charge in [-0.25, -0.2) is 0 Å². The molecule has 106 valence electrons. The molecule has 0 bridgehead atoms. The van der Waals surface area contributed by atoms with Crippen LogP contribution in [0.1, 0.15) is 10.4 Å². The number of amides is 3. The van der Waals surface area contributed by atoms with E-state index in [1.54, 1.807) is 18.2 Å². The summed E-state index contributed by atoms with van der Waals surface area (Å²) in [5, 5.41) is 13.7. The molecule has 2 N–H and O–H groups in total. The van der Waals surface area contributed by atoms with Crippen LogP contribution in [0.3, 0.4) is 0 Å². The van der Waals surface area contributed by atoms with Crippen LogP contribution in [0, 0.1) is 0 Å². The normalized spacial score (nSPS) is 15.1. The Hall–Kier alpha value is -2.89. The topological polar surface area (TPSA) is 86.7 Å². The highest BCUT2D eigenvalue weighted by molar-refractivity contribution is 6.08. The van der Waals surface area contributed by atoms with E-state index in [1.165, 1.54) is 6.07 Å². The number of phenolic OH excluding ortho intramolecular Hbond substituents is 1. The van der Waals surface area contributed by atoms with Crippen LogP contribution in [0.5, 0.6) is 5.75 Å². The summed E-state index contributed by atoms with van der Waals surface area (Å²) in [6.45, 7) is -0.395. The van der Waals surface area contributed by atoms with Gasteiger partial charge in [-0.1, -0.05) is 30.3 Å². The number of benzene rings is 2. The molecule has 6 heteroatoms. The van der Waals surface area contributed by atoms with Crippen LogP contribution >= 0.6 is 0 Å². The Bertz CT molecular complexity index is 753. The fraction of sp³-hybridized carbons (Fsp3) is 0.133. The number of imide groups is 1. The zero-order valence-electron chi connectivity index (χ0n) is 11.0. The summed E-state index contributed by atoms with van der Waals surface area (Å²) in [5.41, 5.74) is 0.0798. The number of nitrogens with one attached hydrogen (secondary N) is 1. The van der Waals surface area contributed by atoms with Gasteiger partial charge < -0.3 is 10.0 Å². The second-order valence-electron chi connectivity index (χ2n) is 4.82. The van der Waals surface area contributed by atoms with Gasteiger partial charge in [0.1, 0.15) is 18.8 Å². The van der Waals surface area contributed by atoms with Crippen LogP contribution in [-0.2, 0) is 9.59 Å². The van der Waals surface area contributed by atoms with Gasteiger partial charge >= 0.3 is 0 Å². The third kappa shape index (κ3) is 2.31. The van der Waals surface area contributed by atoms with Crippen molar-refractivity contribution >= 4 is 28.5 Å². The Kier molecular flexibility index (Phi) is 3.06. The third-order valence-corrected chi connectivity index (χ3v) is 3.37. The minimum atomic E-state index is -0.540. The standard InChI is InChI=1S/C15H12N2O4/c18-12-7-17(8-13(19)16-12)15(21)11-6-5-9-3-1-2-4-10(9)14(11)20/h1-6,20H,7-8H2,(H,16,18,19). The molecule has 21 heavy (non-hydrogen) atoms. The number of phenols is 1. The van der Waals surface area contributed by atoms with Gasteiger partial charge in [0.2, 0.25) is 11.8 Å². The Morgan fingerprint density at radius 2 is 1.71 bits per heavy atom. The van der Waals surface area contributed by atoms with Crippen molar-refractivity contribution in [1.29, 1.82) is 0 Å². The lowest BCUT2D eigenvalue weighted by Gasteiger charge is -2.25. The Labute approximate surface area is 120 Å². The summed E-state index contributed by atoms with van der Waals surface area (Å²) in [5.74, 6) is -1.74. The number of hydrogen-bond donors (Lipinski definition) is 2. The van der Waals surface area contributed by atoms with E-state index in [0.29, 0.717) is 5.39 Å². The zero-order valence-corrected chi connectivity index (χ0v) is 11.0. The van der Waals surface area contributed by atoms with Crippen molar-refractivity contribution in [3.05, 3.63) is 42.0 Å². The third-order valence-electron chi connectivity index (χ3n) is 3.37. The molecular formula is C15H12N2O4. The van der Waals surface area contributed by atoms with E-state index < -0.39 is 17.7 Å². The Balaban J connectivity index is 2.00. The molecule has 0 saturated carbocycles. The average molecular weight is 284 g/mol. The van der Waals surface area contributed by atoms with Gasteiger partial charge in [0.25, 0.3) is 5.91 Å². The van der Waals surface area contributed by atoms with Crippen molar-refractivity contribution in [3.8, 4) is 5.75 Å². The summed E-state index contributed by atoms with van der Waals surface area (Å²) >= 11 is 0. The molecule has 3 amide bonds. The van der Waals surface area contributed by atoms with Gasteiger partial charge in [0.05, 0.1) is 5.56 Å². The molecule has 1 fully saturated rings. The highest BCUT2D eigenvalue weighted by Crippen LogP contribution is 2.29. The summed E-state index contributed by atoms with van der Waals surface area (Å²) in [7, 11) is 0. The lowest BCUT2D eigenvalue weighted by Crippen LogP contribution is -2.53. The van der Waals surface area contributed by atoms with Crippen molar-refractivity contribution in [1.82, 2.24) is 10.2 Å². The number of carbonyl (C=O) groups is 3. The fourth-order valence-corrected chi connectivity index (χ4v) is 2.38. The molecule has 0 aromatic heterocycles. The van der Waals surface area contributed by atoms with Gasteiger partial charge in [-0.05, 0) is 11.5 Å². The van der Waals surface area contributed by atoms with Crippen LogP contribution < -0.4 is 5.32 Å². The van der Waals surface area contributed by atoms with Gasteiger partial charge in [-0.15, -0.1) is 0 Å². The molecule has 0 atom stereocenters. The molecule has 2 aromatic rings. The first-order valence-corrected chi connectivity index (χ1v) is 6.39. The maximum Gasteiger partial charge on any atom is 0.258 e. The molecule has 2 aromatic carbocycles. The van der Waals surface area contributed by atoms with Crippen molar-refractivity contribution in [2.75, 3.05) is 13.1 Å². The minimum Gasteiger partial charge on any atom is -0.506 e. The van der Waals surface area contributed by atoms with E-state index in [-0.39, 0.29) is 24.4 Å². The minimum absolute atomic E-state index is 0.0798. The van der Waals surface area contributed by atoms with Crippen LogP contribution in [-0.4, -0.2) is 40.8 Å². The number of nitrogens with zero attached hydrogens (tertiary/aromatic N) is 1. The molecule has 1 heterocycles. The molecule has 1 saturated heterocycles. The van der Waals surface area contributed by atoms with Gasteiger partial charge in [0.15, 0.2) is 0 Å². The van der Waals surface area contributed by atoms with Crippen LogP contribution in [0.15, 0.2) is 36.4 Å². The molecular weight excluding hydrogens is 272 g/mol. The van der Waals surface area contributed by atoms with Crippen molar-refractivity contribution in [2.45, 2.75) is 0 Å². The number of carbonyl (C=O) groups excluding carboxylic acids is 3. The summed E-state index contributed by atoms with van der Waals surface area (Å²) < 4.78 is 0. The van der Waals surface area contributed by atoms with E-state index in [0.717, 1.165) is 10.3 Å². The first kappa shape index (κ1) is 13.1. The average Bonchev–Trinajstić information content (AvgIpc) is 2.46. The number of hydrogen-bond acceptors (Lipinski definition) is 4. The molecule has 6 nitrogen and oxygen atoms in total. The number of rotatable bonds is 1. The van der Waals surface area contributed by atoms with Crippen molar-refractivity contribution < 1.29 is 19.5 Å². The highest BCUT2D eigenvalue weighted by Gasteiger charge is 2.28. The molecule has 0 radical (unpaired) electrons. The molecule has 1 aliphatic heterocycles.